The second-order valence-corrected chi connectivity index (χ2v) is 3.80. The molecule has 8 nitrogen and oxygen atoms in total. The van der Waals surface area contributed by atoms with Crippen LogP contribution in [0.15, 0.2) is 35.4 Å². The van der Waals surface area contributed by atoms with E-state index in [1.807, 2.05) is 0 Å². The van der Waals surface area contributed by atoms with Gasteiger partial charge in [0.05, 0.1) is 5.69 Å². The quantitative estimate of drug-likeness (QED) is 0.374. The van der Waals surface area contributed by atoms with Crippen LogP contribution in [0.1, 0.15) is 0 Å². The Hall–Kier alpha value is -1.84. The Kier molecular flexibility index (Phi) is 2.69. The number of aliphatic hydroxyl groups is 4. The summed E-state index contributed by atoms with van der Waals surface area (Å²) in [5.74, 6) is -4.59. The molecular formula is C10H11N3O5. The SMILES string of the molecule is NC1(O)C(=O)N(c2ccccc2)N=C1C(O)(O)O. The first-order chi connectivity index (χ1) is 8.24. The van der Waals surface area contributed by atoms with Crippen molar-refractivity contribution in [1.29, 1.82) is 0 Å². The predicted octanol–water partition coefficient (Wildman–Crippen LogP) is -2.33. The molecule has 1 atom stereocenters. The van der Waals surface area contributed by atoms with Crippen LogP contribution in [0.3, 0.4) is 0 Å². The third kappa shape index (κ3) is 1.88. The smallest absolute Gasteiger partial charge is 0.325 e. The summed E-state index contributed by atoms with van der Waals surface area (Å²) in [5.41, 5.74) is 1.64. The van der Waals surface area contributed by atoms with E-state index in [2.05, 4.69) is 5.10 Å². The number of benzene rings is 1. The highest BCUT2D eigenvalue weighted by molar-refractivity contribution is 6.22. The highest BCUT2D eigenvalue weighted by Crippen LogP contribution is 2.26. The number of hydrazone groups is 1. The molecule has 8 heteroatoms. The fourth-order valence-corrected chi connectivity index (χ4v) is 1.55. The summed E-state index contributed by atoms with van der Waals surface area (Å²) < 4.78 is 0. The summed E-state index contributed by atoms with van der Waals surface area (Å²) in [6.07, 6.45) is 0. The first kappa shape index (κ1) is 12.6. The van der Waals surface area contributed by atoms with Crippen LogP contribution in [0, 0.1) is 0 Å². The monoisotopic (exact) mass is 253 g/mol. The molecule has 0 aromatic heterocycles. The van der Waals surface area contributed by atoms with Gasteiger partial charge in [0.15, 0.2) is 5.71 Å². The van der Waals surface area contributed by atoms with Gasteiger partial charge in [-0.2, -0.15) is 10.1 Å². The number of rotatable bonds is 2. The zero-order valence-corrected chi connectivity index (χ0v) is 9.06. The lowest BCUT2D eigenvalue weighted by atomic mass is 10.1. The van der Waals surface area contributed by atoms with E-state index in [1.54, 1.807) is 18.2 Å². The summed E-state index contributed by atoms with van der Waals surface area (Å²) in [5, 5.41) is 40.8. The largest absolute Gasteiger partial charge is 0.363 e. The minimum absolute atomic E-state index is 0.255. The molecule has 1 aliphatic heterocycles. The highest BCUT2D eigenvalue weighted by atomic mass is 16.7. The van der Waals surface area contributed by atoms with Crippen molar-refractivity contribution in [1.82, 2.24) is 0 Å². The van der Waals surface area contributed by atoms with Gasteiger partial charge in [0.1, 0.15) is 0 Å². The number of hydrogen-bond acceptors (Lipinski definition) is 7. The minimum Gasteiger partial charge on any atom is -0.363 e. The third-order valence-electron chi connectivity index (χ3n) is 2.40. The maximum absolute atomic E-state index is 11.8. The second-order valence-electron chi connectivity index (χ2n) is 3.80. The average molecular weight is 253 g/mol. The van der Waals surface area contributed by atoms with Gasteiger partial charge in [0.2, 0.25) is 5.72 Å². The lowest BCUT2D eigenvalue weighted by molar-refractivity contribution is -0.260. The molecule has 6 N–H and O–H groups in total. The lowest BCUT2D eigenvalue weighted by Crippen LogP contribution is -2.61. The van der Waals surface area contributed by atoms with Gasteiger partial charge in [-0.05, 0) is 12.1 Å². The third-order valence-corrected chi connectivity index (χ3v) is 2.40. The van der Waals surface area contributed by atoms with Gasteiger partial charge in [-0.3, -0.25) is 10.5 Å². The Morgan fingerprint density at radius 2 is 1.78 bits per heavy atom. The molecule has 0 saturated heterocycles. The van der Waals surface area contributed by atoms with Gasteiger partial charge in [-0.15, -0.1) is 0 Å². The zero-order valence-electron chi connectivity index (χ0n) is 9.06. The predicted molar refractivity (Wildman–Crippen MR) is 59.9 cm³/mol. The number of nitrogens with zero attached hydrogens (tertiary/aromatic N) is 2. The molecule has 1 aromatic carbocycles. The van der Waals surface area contributed by atoms with Gasteiger partial charge >= 0.3 is 11.9 Å². The average Bonchev–Trinajstić information content (AvgIpc) is 2.52. The van der Waals surface area contributed by atoms with Gasteiger partial charge in [0, 0.05) is 0 Å². The van der Waals surface area contributed by atoms with E-state index in [1.165, 1.54) is 12.1 Å². The first-order valence-electron chi connectivity index (χ1n) is 4.92. The van der Waals surface area contributed by atoms with E-state index in [4.69, 9.17) is 21.1 Å². The van der Waals surface area contributed by atoms with Crippen molar-refractivity contribution in [3.05, 3.63) is 30.3 Å². The number of nitrogens with two attached hydrogens (primary N) is 1. The van der Waals surface area contributed by atoms with Crippen molar-refractivity contribution in [2.75, 3.05) is 5.01 Å². The standard InChI is InChI=1S/C10H11N3O5/c11-9(15)7(10(16,17)18)12-13(8(9)14)6-4-2-1-3-5-6/h1-5,15-18H,11H2. The second kappa shape index (κ2) is 3.83. The van der Waals surface area contributed by atoms with Crippen LogP contribution in [0.25, 0.3) is 0 Å². The van der Waals surface area contributed by atoms with Crippen molar-refractivity contribution in [3.63, 3.8) is 0 Å². The molecule has 1 heterocycles. The van der Waals surface area contributed by atoms with Gasteiger partial charge in [-0.25, -0.2) is 0 Å². The molecule has 1 unspecified atom stereocenters. The summed E-state index contributed by atoms with van der Waals surface area (Å²) in [6.45, 7) is 0. The van der Waals surface area contributed by atoms with E-state index in [9.17, 15) is 9.90 Å². The van der Waals surface area contributed by atoms with Crippen LogP contribution in [0.4, 0.5) is 5.69 Å². The first-order valence-corrected chi connectivity index (χ1v) is 4.92. The molecule has 0 radical (unpaired) electrons. The Labute approximate surface area is 101 Å². The molecule has 0 saturated carbocycles. The van der Waals surface area contributed by atoms with E-state index >= 15 is 0 Å². The van der Waals surface area contributed by atoms with Gasteiger partial charge in [0.25, 0.3) is 0 Å². The van der Waals surface area contributed by atoms with E-state index < -0.39 is 23.3 Å². The molecule has 18 heavy (non-hydrogen) atoms. The number of hydrogen-bond donors (Lipinski definition) is 5. The molecule has 1 aliphatic rings. The summed E-state index contributed by atoms with van der Waals surface area (Å²) >= 11 is 0. The molecule has 1 amide bonds. The Bertz CT molecular complexity index is 506. The molecule has 0 bridgehead atoms. The van der Waals surface area contributed by atoms with Crippen LogP contribution in [-0.2, 0) is 4.79 Å². The van der Waals surface area contributed by atoms with E-state index in [0.29, 0.717) is 5.01 Å². The zero-order chi connectivity index (χ0) is 13.6. The van der Waals surface area contributed by atoms with Crippen LogP contribution in [-0.4, -0.2) is 43.7 Å². The highest BCUT2D eigenvalue weighted by Gasteiger charge is 2.55. The van der Waals surface area contributed by atoms with Crippen molar-refractivity contribution in [2.45, 2.75) is 11.7 Å². The van der Waals surface area contributed by atoms with E-state index in [0.717, 1.165) is 0 Å². The number of carbonyl (C=O) groups excluding carboxylic acids is 1. The van der Waals surface area contributed by atoms with Gasteiger partial charge < -0.3 is 20.4 Å². The van der Waals surface area contributed by atoms with Crippen molar-refractivity contribution >= 4 is 17.3 Å². The fraction of sp³-hybridized carbons (Fsp3) is 0.200. The van der Waals surface area contributed by atoms with Crippen LogP contribution in [0.5, 0.6) is 0 Å². The van der Waals surface area contributed by atoms with Gasteiger partial charge in [-0.1, -0.05) is 18.2 Å². The van der Waals surface area contributed by atoms with Crippen LogP contribution in [0.2, 0.25) is 0 Å². The number of amides is 1. The number of para-hydroxylation sites is 1. The van der Waals surface area contributed by atoms with Crippen LogP contribution >= 0.6 is 0 Å². The molecule has 0 aliphatic carbocycles. The fourth-order valence-electron chi connectivity index (χ4n) is 1.55. The topological polar surface area (TPSA) is 140 Å². The number of carbonyl (C=O) groups is 1. The molecule has 0 spiro atoms. The Morgan fingerprint density at radius 3 is 2.22 bits per heavy atom. The Balaban J connectivity index is 2.48. The normalized spacial score (nSPS) is 24.4. The summed E-state index contributed by atoms with van der Waals surface area (Å²) in [4.78, 5) is 11.8. The molecule has 1 aromatic rings. The summed E-state index contributed by atoms with van der Waals surface area (Å²) in [6, 6.07) is 7.89. The molecular weight excluding hydrogens is 242 g/mol. The molecule has 96 valence electrons. The van der Waals surface area contributed by atoms with Crippen molar-refractivity contribution in [3.8, 4) is 0 Å². The van der Waals surface area contributed by atoms with Crippen molar-refractivity contribution in [2.24, 2.45) is 10.8 Å². The maximum atomic E-state index is 11.8. The lowest BCUT2D eigenvalue weighted by Gasteiger charge is -2.21. The summed E-state index contributed by atoms with van der Waals surface area (Å²) in [7, 11) is 0. The maximum Gasteiger partial charge on any atom is 0.325 e. The minimum atomic E-state index is -3.48. The van der Waals surface area contributed by atoms with E-state index in [-0.39, 0.29) is 5.69 Å². The van der Waals surface area contributed by atoms with Crippen LogP contribution < -0.4 is 10.7 Å². The molecule has 2 rings (SSSR count). The number of anilines is 1. The Morgan fingerprint density at radius 1 is 1.22 bits per heavy atom. The van der Waals surface area contributed by atoms with Crippen molar-refractivity contribution < 1.29 is 25.2 Å². The molecule has 0 fully saturated rings.